The van der Waals surface area contributed by atoms with Crippen LogP contribution in [0.3, 0.4) is 0 Å². The maximum atomic E-state index is 11.1. The molecule has 0 saturated heterocycles. The van der Waals surface area contributed by atoms with Gasteiger partial charge in [0.1, 0.15) is 0 Å². The molecule has 4 nitrogen and oxygen atoms in total. The van der Waals surface area contributed by atoms with Gasteiger partial charge in [-0.1, -0.05) is 13.3 Å². The summed E-state index contributed by atoms with van der Waals surface area (Å²) < 4.78 is 5.04. The standard InChI is InChI=1S/C10H21NO3/c1-2-3-5-10(13)11-6-4-8-14-9-7-12/h12H,2-9H2,1H3,(H,11,13). The van der Waals surface area contributed by atoms with Crippen molar-refractivity contribution >= 4 is 5.91 Å². The fourth-order valence-electron chi connectivity index (χ4n) is 0.994. The number of ether oxygens (including phenoxy) is 1. The van der Waals surface area contributed by atoms with Gasteiger partial charge >= 0.3 is 0 Å². The molecule has 0 aliphatic carbocycles. The molecule has 2 N–H and O–H groups in total. The van der Waals surface area contributed by atoms with Crippen molar-refractivity contribution in [3.8, 4) is 0 Å². The maximum Gasteiger partial charge on any atom is 0.219 e. The number of aliphatic hydroxyl groups excluding tert-OH is 1. The summed E-state index contributed by atoms with van der Waals surface area (Å²) >= 11 is 0. The molecule has 0 bridgehead atoms. The largest absolute Gasteiger partial charge is 0.394 e. The third-order valence-corrected chi connectivity index (χ3v) is 1.78. The molecule has 0 heterocycles. The molecule has 4 heteroatoms. The lowest BCUT2D eigenvalue weighted by Crippen LogP contribution is -2.24. The Bertz CT molecular complexity index is 139. The highest BCUT2D eigenvalue weighted by molar-refractivity contribution is 5.75. The lowest BCUT2D eigenvalue weighted by molar-refractivity contribution is -0.121. The Balaban J connectivity index is 3.07. The number of hydrogen-bond acceptors (Lipinski definition) is 3. The minimum atomic E-state index is 0.0584. The Morgan fingerprint density at radius 1 is 1.36 bits per heavy atom. The molecule has 0 aliphatic heterocycles. The number of carbonyl (C=O) groups excluding carboxylic acids is 1. The van der Waals surface area contributed by atoms with Crippen LogP contribution in [-0.2, 0) is 9.53 Å². The van der Waals surface area contributed by atoms with E-state index < -0.39 is 0 Å². The molecule has 0 aromatic rings. The Hall–Kier alpha value is -0.610. The highest BCUT2D eigenvalue weighted by Gasteiger charge is 1.98. The fourth-order valence-corrected chi connectivity index (χ4v) is 0.994. The quantitative estimate of drug-likeness (QED) is 0.542. The zero-order valence-electron chi connectivity index (χ0n) is 8.92. The van der Waals surface area contributed by atoms with Gasteiger partial charge in [-0.3, -0.25) is 4.79 Å². The Kier molecular flexibility index (Phi) is 10.0. The molecular weight excluding hydrogens is 182 g/mol. The van der Waals surface area contributed by atoms with E-state index in [-0.39, 0.29) is 12.5 Å². The Labute approximate surface area is 85.6 Å². The van der Waals surface area contributed by atoms with Crippen LogP contribution >= 0.6 is 0 Å². The van der Waals surface area contributed by atoms with E-state index in [1.807, 2.05) is 0 Å². The summed E-state index contributed by atoms with van der Waals surface area (Å²) in [5, 5.41) is 11.2. The second-order valence-corrected chi connectivity index (χ2v) is 3.14. The van der Waals surface area contributed by atoms with Crippen molar-refractivity contribution in [1.82, 2.24) is 5.32 Å². The van der Waals surface area contributed by atoms with Gasteiger partial charge in [-0.2, -0.15) is 0 Å². The van der Waals surface area contributed by atoms with Crippen molar-refractivity contribution < 1.29 is 14.6 Å². The normalized spacial score (nSPS) is 10.1. The van der Waals surface area contributed by atoms with E-state index in [0.29, 0.717) is 26.2 Å². The van der Waals surface area contributed by atoms with Crippen LogP contribution in [0.4, 0.5) is 0 Å². The molecule has 0 spiro atoms. The fraction of sp³-hybridized carbons (Fsp3) is 0.900. The number of rotatable bonds is 9. The first-order chi connectivity index (χ1) is 6.81. The van der Waals surface area contributed by atoms with Gasteiger partial charge in [-0.25, -0.2) is 0 Å². The zero-order chi connectivity index (χ0) is 10.6. The average Bonchev–Trinajstić information content (AvgIpc) is 2.20. The molecule has 0 saturated carbocycles. The molecule has 0 unspecified atom stereocenters. The molecule has 0 rings (SSSR count). The van der Waals surface area contributed by atoms with Crippen molar-refractivity contribution in [2.24, 2.45) is 0 Å². The van der Waals surface area contributed by atoms with Crippen LogP contribution in [0, 0.1) is 0 Å². The lowest BCUT2D eigenvalue weighted by Gasteiger charge is -2.04. The van der Waals surface area contributed by atoms with Gasteiger partial charge in [0.05, 0.1) is 13.2 Å². The zero-order valence-corrected chi connectivity index (χ0v) is 8.92. The van der Waals surface area contributed by atoms with Gasteiger partial charge < -0.3 is 15.2 Å². The second kappa shape index (κ2) is 10.5. The van der Waals surface area contributed by atoms with E-state index in [0.717, 1.165) is 19.3 Å². The van der Waals surface area contributed by atoms with Gasteiger partial charge in [0, 0.05) is 19.6 Å². The molecular formula is C10H21NO3. The summed E-state index contributed by atoms with van der Waals surface area (Å²) in [6.07, 6.45) is 3.42. The third-order valence-electron chi connectivity index (χ3n) is 1.78. The lowest BCUT2D eigenvalue weighted by atomic mass is 10.2. The van der Waals surface area contributed by atoms with Crippen LogP contribution in [0.2, 0.25) is 0 Å². The first-order valence-electron chi connectivity index (χ1n) is 5.26. The van der Waals surface area contributed by atoms with E-state index in [9.17, 15) is 4.79 Å². The SMILES string of the molecule is CCCCC(=O)NCCCOCCO. The van der Waals surface area contributed by atoms with E-state index in [4.69, 9.17) is 9.84 Å². The summed E-state index contributed by atoms with van der Waals surface area (Å²) in [6, 6.07) is 0. The molecule has 0 atom stereocenters. The number of aliphatic hydroxyl groups is 1. The van der Waals surface area contributed by atoms with E-state index in [1.165, 1.54) is 0 Å². The highest BCUT2D eigenvalue weighted by Crippen LogP contribution is 1.92. The smallest absolute Gasteiger partial charge is 0.219 e. The molecule has 0 aliphatic rings. The summed E-state index contributed by atoms with van der Waals surface area (Å²) in [6.45, 7) is 3.76. The molecule has 1 amide bonds. The first-order valence-corrected chi connectivity index (χ1v) is 5.26. The average molecular weight is 203 g/mol. The molecule has 0 radical (unpaired) electrons. The van der Waals surface area contributed by atoms with Crippen molar-refractivity contribution in [2.75, 3.05) is 26.4 Å². The van der Waals surface area contributed by atoms with Gasteiger partial charge in [-0.05, 0) is 12.8 Å². The molecule has 14 heavy (non-hydrogen) atoms. The van der Waals surface area contributed by atoms with E-state index in [1.54, 1.807) is 0 Å². The van der Waals surface area contributed by atoms with Crippen molar-refractivity contribution in [1.29, 1.82) is 0 Å². The number of hydrogen-bond donors (Lipinski definition) is 2. The van der Waals surface area contributed by atoms with Gasteiger partial charge in [0.2, 0.25) is 5.91 Å². The summed E-state index contributed by atoms with van der Waals surface area (Å²) in [5.74, 6) is 0.119. The first kappa shape index (κ1) is 13.4. The minimum absolute atomic E-state index is 0.0584. The van der Waals surface area contributed by atoms with E-state index in [2.05, 4.69) is 12.2 Å². The summed E-state index contributed by atoms with van der Waals surface area (Å²) in [4.78, 5) is 11.1. The number of nitrogens with one attached hydrogen (secondary N) is 1. The van der Waals surface area contributed by atoms with Crippen LogP contribution < -0.4 is 5.32 Å². The molecule has 0 aromatic carbocycles. The van der Waals surface area contributed by atoms with Gasteiger partial charge in [0.15, 0.2) is 0 Å². The molecule has 84 valence electrons. The van der Waals surface area contributed by atoms with Crippen LogP contribution in [0.25, 0.3) is 0 Å². The van der Waals surface area contributed by atoms with Crippen LogP contribution in [0.1, 0.15) is 32.6 Å². The highest BCUT2D eigenvalue weighted by atomic mass is 16.5. The maximum absolute atomic E-state index is 11.1. The number of carbonyl (C=O) groups is 1. The summed E-state index contributed by atoms with van der Waals surface area (Å²) in [5.41, 5.74) is 0. The topological polar surface area (TPSA) is 58.6 Å². The Morgan fingerprint density at radius 3 is 2.79 bits per heavy atom. The van der Waals surface area contributed by atoms with Crippen LogP contribution in [0.15, 0.2) is 0 Å². The molecule has 0 aromatic heterocycles. The van der Waals surface area contributed by atoms with Crippen LogP contribution in [0.5, 0.6) is 0 Å². The van der Waals surface area contributed by atoms with Gasteiger partial charge in [-0.15, -0.1) is 0 Å². The second-order valence-electron chi connectivity index (χ2n) is 3.14. The minimum Gasteiger partial charge on any atom is -0.394 e. The van der Waals surface area contributed by atoms with Gasteiger partial charge in [0.25, 0.3) is 0 Å². The Morgan fingerprint density at radius 2 is 2.14 bits per heavy atom. The van der Waals surface area contributed by atoms with Crippen molar-refractivity contribution in [3.05, 3.63) is 0 Å². The number of unbranched alkanes of at least 4 members (excludes halogenated alkanes) is 1. The van der Waals surface area contributed by atoms with Crippen molar-refractivity contribution in [3.63, 3.8) is 0 Å². The predicted molar refractivity (Wildman–Crippen MR) is 55.1 cm³/mol. The summed E-state index contributed by atoms with van der Waals surface area (Å²) in [7, 11) is 0. The van der Waals surface area contributed by atoms with Crippen LogP contribution in [-0.4, -0.2) is 37.4 Å². The monoisotopic (exact) mass is 203 g/mol. The molecule has 0 fully saturated rings. The van der Waals surface area contributed by atoms with E-state index >= 15 is 0 Å². The number of amides is 1. The third kappa shape index (κ3) is 9.48. The van der Waals surface area contributed by atoms with Crippen molar-refractivity contribution in [2.45, 2.75) is 32.6 Å². The predicted octanol–water partition coefficient (Wildman–Crippen LogP) is 0.692.